The van der Waals surface area contributed by atoms with Crippen LogP contribution in [0.4, 0.5) is 11.5 Å². The highest BCUT2D eigenvalue weighted by molar-refractivity contribution is 7.98. The zero-order valence-corrected chi connectivity index (χ0v) is 13.1. The molecule has 1 saturated heterocycles. The second kappa shape index (κ2) is 8.21. The minimum absolute atomic E-state index is 0.162. The number of anilines is 2. The van der Waals surface area contributed by atoms with E-state index < -0.39 is 6.04 Å². The van der Waals surface area contributed by atoms with Gasteiger partial charge in [0.05, 0.1) is 31.1 Å². The summed E-state index contributed by atoms with van der Waals surface area (Å²) in [4.78, 5) is 18.5. The number of ether oxygens (including phenoxy) is 1. The molecule has 0 radical (unpaired) electrons. The van der Waals surface area contributed by atoms with E-state index in [1.165, 1.54) is 0 Å². The third-order valence-corrected chi connectivity index (χ3v) is 3.96. The molecule has 0 saturated carbocycles. The van der Waals surface area contributed by atoms with E-state index in [4.69, 9.17) is 10.5 Å². The van der Waals surface area contributed by atoms with Crippen molar-refractivity contribution < 1.29 is 9.53 Å². The number of pyridine rings is 1. The molecule has 3 N–H and O–H groups in total. The molecule has 116 valence electrons. The number of nitrogens with one attached hydrogen (secondary N) is 1. The van der Waals surface area contributed by atoms with Crippen LogP contribution in [0.1, 0.15) is 6.42 Å². The molecule has 0 aliphatic carbocycles. The Bertz CT molecular complexity index is 449. The number of amides is 1. The van der Waals surface area contributed by atoms with Crippen LogP contribution in [-0.4, -0.2) is 55.2 Å². The minimum Gasteiger partial charge on any atom is -0.378 e. The van der Waals surface area contributed by atoms with Crippen LogP contribution in [0.25, 0.3) is 0 Å². The van der Waals surface area contributed by atoms with Gasteiger partial charge in [0.2, 0.25) is 5.91 Å². The second-order valence-electron chi connectivity index (χ2n) is 4.88. The summed E-state index contributed by atoms with van der Waals surface area (Å²) in [6, 6.07) is 3.29. The molecule has 1 atom stereocenters. The average molecular weight is 310 g/mol. The number of nitrogens with two attached hydrogens (primary N) is 1. The van der Waals surface area contributed by atoms with Crippen molar-refractivity contribution in [2.24, 2.45) is 5.73 Å². The smallest absolute Gasteiger partial charge is 0.241 e. The molecule has 1 aliphatic heterocycles. The van der Waals surface area contributed by atoms with E-state index in [2.05, 4.69) is 15.2 Å². The fourth-order valence-corrected chi connectivity index (χ4v) is 2.54. The molecule has 0 bridgehead atoms. The SMILES string of the molecule is CSCC[C@H](N)C(=O)Nc1ccc(N2CCOCC2)nc1. The lowest BCUT2D eigenvalue weighted by atomic mass is 10.2. The van der Waals surface area contributed by atoms with Gasteiger partial charge in [-0.3, -0.25) is 4.79 Å². The Morgan fingerprint density at radius 1 is 1.52 bits per heavy atom. The van der Waals surface area contributed by atoms with Crippen LogP contribution in [0.2, 0.25) is 0 Å². The van der Waals surface area contributed by atoms with Gasteiger partial charge in [-0.25, -0.2) is 4.98 Å². The van der Waals surface area contributed by atoms with Gasteiger partial charge in [0.1, 0.15) is 5.82 Å². The highest BCUT2D eigenvalue weighted by Gasteiger charge is 2.14. The average Bonchev–Trinajstić information content (AvgIpc) is 2.54. The van der Waals surface area contributed by atoms with Crippen molar-refractivity contribution in [3.05, 3.63) is 18.3 Å². The van der Waals surface area contributed by atoms with Gasteiger partial charge in [0, 0.05) is 13.1 Å². The zero-order valence-electron chi connectivity index (χ0n) is 12.2. The van der Waals surface area contributed by atoms with E-state index in [0.717, 1.165) is 37.9 Å². The second-order valence-corrected chi connectivity index (χ2v) is 5.87. The first kappa shape index (κ1) is 16.1. The molecule has 0 aromatic carbocycles. The normalized spacial score (nSPS) is 16.6. The Balaban J connectivity index is 1.88. The van der Waals surface area contributed by atoms with Gasteiger partial charge >= 0.3 is 0 Å². The minimum atomic E-state index is -0.476. The van der Waals surface area contributed by atoms with Crippen LogP contribution in [0.5, 0.6) is 0 Å². The Morgan fingerprint density at radius 2 is 2.29 bits per heavy atom. The van der Waals surface area contributed by atoms with E-state index in [9.17, 15) is 4.79 Å². The summed E-state index contributed by atoms with van der Waals surface area (Å²) in [6.07, 6.45) is 4.34. The number of morpholine rings is 1. The van der Waals surface area contributed by atoms with Crippen molar-refractivity contribution in [1.29, 1.82) is 0 Å². The largest absolute Gasteiger partial charge is 0.378 e. The van der Waals surface area contributed by atoms with Crippen molar-refractivity contribution >= 4 is 29.2 Å². The van der Waals surface area contributed by atoms with Crippen molar-refractivity contribution in [3.63, 3.8) is 0 Å². The monoisotopic (exact) mass is 310 g/mol. The third kappa shape index (κ3) is 4.87. The van der Waals surface area contributed by atoms with Crippen LogP contribution >= 0.6 is 11.8 Å². The van der Waals surface area contributed by atoms with Gasteiger partial charge in [0.15, 0.2) is 0 Å². The molecule has 7 heteroatoms. The van der Waals surface area contributed by atoms with Gasteiger partial charge in [0.25, 0.3) is 0 Å². The highest BCUT2D eigenvalue weighted by atomic mass is 32.2. The van der Waals surface area contributed by atoms with Crippen molar-refractivity contribution in [1.82, 2.24) is 4.98 Å². The molecule has 1 aromatic rings. The van der Waals surface area contributed by atoms with Crippen molar-refractivity contribution in [2.75, 3.05) is 48.5 Å². The first-order chi connectivity index (χ1) is 10.2. The summed E-state index contributed by atoms with van der Waals surface area (Å²) in [7, 11) is 0. The fourth-order valence-electron chi connectivity index (χ4n) is 2.05. The molecule has 0 spiro atoms. The van der Waals surface area contributed by atoms with Gasteiger partial charge in [-0.1, -0.05) is 0 Å². The lowest BCUT2D eigenvalue weighted by molar-refractivity contribution is -0.117. The number of hydrogen-bond acceptors (Lipinski definition) is 6. The van der Waals surface area contributed by atoms with E-state index >= 15 is 0 Å². The molecule has 0 unspecified atom stereocenters. The van der Waals surface area contributed by atoms with Crippen molar-refractivity contribution in [2.45, 2.75) is 12.5 Å². The molecule has 21 heavy (non-hydrogen) atoms. The molecule has 1 aromatic heterocycles. The summed E-state index contributed by atoms with van der Waals surface area (Å²) in [6.45, 7) is 3.14. The number of hydrogen-bond donors (Lipinski definition) is 2. The van der Waals surface area contributed by atoms with Crippen LogP contribution in [0.3, 0.4) is 0 Å². The van der Waals surface area contributed by atoms with Gasteiger partial charge in [-0.15, -0.1) is 0 Å². The molecule has 1 fully saturated rings. The summed E-state index contributed by atoms with van der Waals surface area (Å²) >= 11 is 1.68. The first-order valence-electron chi connectivity index (χ1n) is 7.05. The lowest BCUT2D eigenvalue weighted by Crippen LogP contribution is -2.37. The van der Waals surface area contributed by atoms with Crippen LogP contribution in [-0.2, 0) is 9.53 Å². The van der Waals surface area contributed by atoms with E-state index in [1.54, 1.807) is 18.0 Å². The molecule has 1 aliphatic rings. The van der Waals surface area contributed by atoms with E-state index in [-0.39, 0.29) is 5.91 Å². The molecular weight excluding hydrogens is 288 g/mol. The molecule has 2 heterocycles. The van der Waals surface area contributed by atoms with Crippen LogP contribution < -0.4 is 16.0 Å². The van der Waals surface area contributed by atoms with E-state index in [1.807, 2.05) is 18.4 Å². The van der Waals surface area contributed by atoms with E-state index in [0.29, 0.717) is 12.1 Å². The number of thioether (sulfide) groups is 1. The summed E-state index contributed by atoms with van der Waals surface area (Å²) < 4.78 is 5.31. The summed E-state index contributed by atoms with van der Waals surface area (Å²) in [5, 5.41) is 2.80. The number of nitrogens with zero attached hydrogens (tertiary/aromatic N) is 2. The Kier molecular flexibility index (Phi) is 6.28. The summed E-state index contributed by atoms with van der Waals surface area (Å²) in [5.74, 6) is 1.62. The Labute approximate surface area is 129 Å². The lowest BCUT2D eigenvalue weighted by Gasteiger charge is -2.27. The van der Waals surface area contributed by atoms with Gasteiger partial charge in [-0.05, 0) is 30.6 Å². The summed E-state index contributed by atoms with van der Waals surface area (Å²) in [5.41, 5.74) is 6.51. The van der Waals surface area contributed by atoms with Crippen LogP contribution in [0, 0.1) is 0 Å². The quantitative estimate of drug-likeness (QED) is 0.814. The maximum absolute atomic E-state index is 11.9. The predicted octanol–water partition coefficient (Wildman–Crippen LogP) is 0.937. The molecule has 6 nitrogen and oxygen atoms in total. The highest BCUT2D eigenvalue weighted by Crippen LogP contribution is 2.15. The number of carbonyl (C=O) groups excluding carboxylic acids is 1. The van der Waals surface area contributed by atoms with Gasteiger partial charge < -0.3 is 20.7 Å². The topological polar surface area (TPSA) is 80.5 Å². The van der Waals surface area contributed by atoms with Crippen LogP contribution in [0.15, 0.2) is 18.3 Å². The molecule has 2 rings (SSSR count). The number of carbonyl (C=O) groups is 1. The molecule has 1 amide bonds. The van der Waals surface area contributed by atoms with Gasteiger partial charge in [-0.2, -0.15) is 11.8 Å². The number of aromatic nitrogens is 1. The van der Waals surface area contributed by atoms with Crippen molar-refractivity contribution in [3.8, 4) is 0 Å². The predicted molar refractivity (Wildman–Crippen MR) is 86.9 cm³/mol. The first-order valence-corrected chi connectivity index (χ1v) is 8.44. The standard InChI is InChI=1S/C14H22N4O2S/c1-21-9-4-12(15)14(19)17-11-2-3-13(16-10-11)18-5-7-20-8-6-18/h2-3,10,12H,4-9,15H2,1H3,(H,17,19)/t12-/m0/s1. The fraction of sp³-hybridized carbons (Fsp3) is 0.571. The Morgan fingerprint density at radius 3 is 2.90 bits per heavy atom. The maximum Gasteiger partial charge on any atom is 0.241 e. The zero-order chi connectivity index (χ0) is 15.1. The third-order valence-electron chi connectivity index (χ3n) is 3.32. The number of rotatable bonds is 6. The molecular formula is C14H22N4O2S. The Hall–Kier alpha value is -1.31. The maximum atomic E-state index is 11.9.